The molecule has 2 aliphatic rings. The molecule has 2 aromatic carbocycles. The molecule has 1 aliphatic heterocycles. The van der Waals surface area contributed by atoms with E-state index in [-0.39, 0.29) is 32.0 Å². The molecule has 186 valence electrons. The van der Waals surface area contributed by atoms with Crippen molar-refractivity contribution in [3.05, 3.63) is 59.7 Å². The first kappa shape index (κ1) is 24.6. The second-order valence-corrected chi connectivity index (χ2v) is 8.77. The topological polar surface area (TPSA) is 95.9 Å². The van der Waals surface area contributed by atoms with Crippen molar-refractivity contribution in [2.24, 2.45) is 5.92 Å². The number of ether oxygens (including phenoxy) is 1. The van der Waals surface area contributed by atoms with Gasteiger partial charge in [-0.1, -0.05) is 48.5 Å². The van der Waals surface area contributed by atoms with Crippen LogP contribution in [0.5, 0.6) is 0 Å². The second-order valence-electron chi connectivity index (χ2n) is 8.77. The van der Waals surface area contributed by atoms with Crippen LogP contribution in [0.4, 0.5) is 18.0 Å². The summed E-state index contributed by atoms with van der Waals surface area (Å²) in [6.07, 6.45) is -6.86. The van der Waals surface area contributed by atoms with Crippen LogP contribution in [-0.4, -0.2) is 59.9 Å². The van der Waals surface area contributed by atoms with Gasteiger partial charge in [-0.2, -0.15) is 13.2 Å². The zero-order valence-corrected chi connectivity index (χ0v) is 18.8. The van der Waals surface area contributed by atoms with E-state index in [0.717, 1.165) is 22.3 Å². The fourth-order valence-electron chi connectivity index (χ4n) is 4.71. The molecule has 2 amide bonds. The Bertz CT molecular complexity index is 1070. The third kappa shape index (κ3) is 5.41. The van der Waals surface area contributed by atoms with Crippen LogP contribution in [0.2, 0.25) is 0 Å². The number of alkyl halides is 3. The lowest BCUT2D eigenvalue weighted by Gasteiger charge is -2.23. The Kier molecular flexibility index (Phi) is 7.00. The van der Waals surface area contributed by atoms with Gasteiger partial charge in [-0.25, -0.2) is 4.79 Å². The van der Waals surface area contributed by atoms with Gasteiger partial charge in [-0.3, -0.25) is 9.59 Å². The molecular weight excluding hydrogens is 465 g/mol. The Morgan fingerprint density at radius 2 is 1.66 bits per heavy atom. The highest BCUT2D eigenvalue weighted by Crippen LogP contribution is 2.44. The number of benzene rings is 2. The first-order valence-corrected chi connectivity index (χ1v) is 11.3. The smallest absolute Gasteiger partial charge is 0.408 e. The molecule has 2 atom stereocenters. The van der Waals surface area contributed by atoms with Gasteiger partial charge in [0.15, 0.2) is 0 Å². The maximum atomic E-state index is 13.5. The van der Waals surface area contributed by atoms with Gasteiger partial charge in [-0.15, -0.1) is 0 Å². The maximum absolute atomic E-state index is 13.5. The number of hydrogen-bond donors (Lipinski definition) is 2. The lowest BCUT2D eigenvalue weighted by Crippen LogP contribution is -2.46. The summed E-state index contributed by atoms with van der Waals surface area (Å²) >= 11 is 0. The van der Waals surface area contributed by atoms with E-state index in [1.165, 1.54) is 4.90 Å². The van der Waals surface area contributed by atoms with E-state index in [4.69, 9.17) is 9.84 Å². The van der Waals surface area contributed by atoms with E-state index in [0.29, 0.717) is 0 Å². The summed E-state index contributed by atoms with van der Waals surface area (Å²) in [7, 11) is 0. The van der Waals surface area contributed by atoms with Crippen molar-refractivity contribution in [1.82, 2.24) is 10.2 Å². The zero-order valence-electron chi connectivity index (χ0n) is 18.8. The third-order valence-corrected chi connectivity index (χ3v) is 6.57. The molecule has 7 nitrogen and oxygen atoms in total. The van der Waals surface area contributed by atoms with Crippen LogP contribution in [0.1, 0.15) is 36.3 Å². The van der Waals surface area contributed by atoms with Gasteiger partial charge >= 0.3 is 18.2 Å². The van der Waals surface area contributed by atoms with Crippen molar-refractivity contribution in [3.63, 3.8) is 0 Å². The Morgan fingerprint density at radius 1 is 1.06 bits per heavy atom. The quantitative estimate of drug-likeness (QED) is 0.608. The van der Waals surface area contributed by atoms with Crippen LogP contribution in [0.15, 0.2) is 48.5 Å². The Hall–Kier alpha value is -3.56. The van der Waals surface area contributed by atoms with Crippen molar-refractivity contribution in [2.75, 3.05) is 19.7 Å². The highest BCUT2D eigenvalue weighted by molar-refractivity contribution is 5.80. The summed E-state index contributed by atoms with van der Waals surface area (Å²) in [6.45, 7) is 0.0324. The molecule has 0 saturated carbocycles. The predicted molar refractivity (Wildman–Crippen MR) is 120 cm³/mol. The van der Waals surface area contributed by atoms with Gasteiger partial charge < -0.3 is 20.1 Å². The van der Waals surface area contributed by atoms with Crippen molar-refractivity contribution < 1.29 is 37.4 Å². The number of alkyl carbamates (subject to hydrolysis) is 1. The lowest BCUT2D eigenvalue weighted by molar-refractivity contribution is -0.157. The van der Waals surface area contributed by atoms with Gasteiger partial charge in [0.2, 0.25) is 5.91 Å². The first-order valence-electron chi connectivity index (χ1n) is 11.3. The van der Waals surface area contributed by atoms with Crippen LogP contribution in [0, 0.1) is 5.92 Å². The lowest BCUT2D eigenvalue weighted by atomic mass is 9.98. The predicted octanol–water partition coefficient (Wildman–Crippen LogP) is 4.17. The summed E-state index contributed by atoms with van der Waals surface area (Å²) in [5, 5.41) is 10.9. The third-order valence-electron chi connectivity index (χ3n) is 6.57. The maximum Gasteiger partial charge on any atom is 0.408 e. The molecule has 2 aromatic rings. The Labute approximate surface area is 199 Å². The summed E-state index contributed by atoms with van der Waals surface area (Å²) in [5.74, 6) is -2.62. The number of amides is 2. The van der Waals surface area contributed by atoms with Gasteiger partial charge in [0.25, 0.3) is 0 Å². The number of carboxylic acids is 1. The molecular formula is C25H25F3N2O5. The average molecular weight is 490 g/mol. The molecule has 1 saturated heterocycles. The normalized spacial score (nSPS) is 18.0. The Balaban J connectivity index is 1.34. The van der Waals surface area contributed by atoms with Gasteiger partial charge in [-0.05, 0) is 35.1 Å². The number of likely N-dealkylation sites (tertiary alicyclic amines) is 1. The number of fused-ring (bicyclic) bond motifs is 3. The number of aliphatic carboxylic acids is 1. The number of rotatable bonds is 7. The highest BCUT2D eigenvalue weighted by atomic mass is 19.4. The first-order chi connectivity index (χ1) is 16.6. The van der Waals surface area contributed by atoms with Crippen molar-refractivity contribution in [2.45, 2.75) is 37.4 Å². The van der Waals surface area contributed by atoms with Crippen molar-refractivity contribution in [3.8, 4) is 11.1 Å². The van der Waals surface area contributed by atoms with Crippen LogP contribution in [-0.2, 0) is 14.3 Å². The molecule has 0 aromatic heterocycles. The number of carbonyl (C=O) groups excluding carboxylic acids is 2. The standard InChI is InChI=1S/C25H25F3N2O5/c26-25(27,28)21(9-10-22(31)30-12-11-15(13-30)23(32)33)29-24(34)35-14-20-18-7-3-1-5-16(18)17-6-2-4-8-19(17)20/h1-8,15,20-21H,9-14H2,(H,29,34)(H,32,33)/t15?,21-/m0/s1. The molecule has 1 heterocycles. The van der Waals surface area contributed by atoms with Crippen molar-refractivity contribution >= 4 is 18.0 Å². The minimum Gasteiger partial charge on any atom is -0.481 e. The Morgan fingerprint density at radius 3 is 2.20 bits per heavy atom. The minimum absolute atomic E-state index is 0.0232. The monoisotopic (exact) mass is 490 g/mol. The molecule has 2 N–H and O–H groups in total. The van der Waals surface area contributed by atoms with E-state index < -0.39 is 48.9 Å². The number of hydrogen-bond acceptors (Lipinski definition) is 4. The molecule has 1 fully saturated rings. The molecule has 10 heteroatoms. The molecule has 0 bridgehead atoms. The van der Waals surface area contributed by atoms with Crippen LogP contribution >= 0.6 is 0 Å². The molecule has 4 rings (SSSR count). The van der Waals surface area contributed by atoms with E-state index in [2.05, 4.69) is 0 Å². The van der Waals surface area contributed by atoms with Crippen molar-refractivity contribution in [1.29, 1.82) is 0 Å². The van der Waals surface area contributed by atoms with E-state index in [9.17, 15) is 27.6 Å². The molecule has 0 radical (unpaired) electrons. The van der Waals surface area contributed by atoms with Gasteiger partial charge in [0.05, 0.1) is 5.92 Å². The summed E-state index contributed by atoms with van der Waals surface area (Å²) < 4.78 is 45.8. The molecule has 1 unspecified atom stereocenters. The fourth-order valence-corrected chi connectivity index (χ4v) is 4.71. The molecule has 1 aliphatic carbocycles. The average Bonchev–Trinajstić information content (AvgIpc) is 3.43. The van der Waals surface area contributed by atoms with E-state index in [1.54, 1.807) is 0 Å². The summed E-state index contributed by atoms with van der Waals surface area (Å²) in [5.41, 5.74) is 3.86. The van der Waals surface area contributed by atoms with Crippen LogP contribution in [0.25, 0.3) is 11.1 Å². The van der Waals surface area contributed by atoms with Gasteiger partial charge in [0.1, 0.15) is 12.6 Å². The summed E-state index contributed by atoms with van der Waals surface area (Å²) in [6, 6.07) is 12.9. The zero-order chi connectivity index (χ0) is 25.2. The molecule has 0 spiro atoms. The number of carboxylic acid groups (broad SMARTS) is 1. The number of halogens is 3. The van der Waals surface area contributed by atoms with Gasteiger partial charge in [0, 0.05) is 25.4 Å². The van der Waals surface area contributed by atoms with E-state index in [1.807, 2.05) is 53.8 Å². The van der Waals surface area contributed by atoms with E-state index >= 15 is 0 Å². The number of nitrogens with zero attached hydrogens (tertiary/aromatic N) is 1. The number of carbonyl (C=O) groups is 3. The van der Waals surface area contributed by atoms with Crippen LogP contribution < -0.4 is 5.32 Å². The molecule has 35 heavy (non-hydrogen) atoms. The fraction of sp³-hybridized carbons (Fsp3) is 0.400. The SMILES string of the molecule is O=C(N[C@@H](CCC(=O)N1CCC(C(=O)O)C1)C(F)(F)F)OCC1c2ccccc2-c2ccccc21. The highest BCUT2D eigenvalue weighted by Gasteiger charge is 2.42. The number of nitrogens with one attached hydrogen (secondary N) is 1. The summed E-state index contributed by atoms with van der Waals surface area (Å²) in [4.78, 5) is 36.9. The van der Waals surface area contributed by atoms with Crippen LogP contribution in [0.3, 0.4) is 0 Å². The second kappa shape index (κ2) is 9.97. The minimum atomic E-state index is -4.78. The largest absolute Gasteiger partial charge is 0.481 e.